The molecule has 0 bridgehead atoms. The summed E-state index contributed by atoms with van der Waals surface area (Å²) in [6.07, 6.45) is 6.88. The van der Waals surface area contributed by atoms with Crippen molar-refractivity contribution in [3.8, 4) is 16.9 Å². The topological polar surface area (TPSA) is 26.3 Å². The Morgan fingerprint density at radius 1 is 0.920 bits per heavy atom. The highest BCUT2D eigenvalue weighted by molar-refractivity contribution is 5.73. The first-order valence-electron chi connectivity index (χ1n) is 8.86. The molecule has 0 radical (unpaired) electrons. The van der Waals surface area contributed by atoms with Crippen LogP contribution in [0.25, 0.3) is 11.1 Å². The lowest BCUT2D eigenvalue weighted by Gasteiger charge is -2.08. The van der Waals surface area contributed by atoms with Gasteiger partial charge in [0.25, 0.3) is 0 Å². The summed E-state index contributed by atoms with van der Waals surface area (Å²) in [4.78, 5) is 11.8. The number of carbonyl (C=O) groups is 1. The van der Waals surface area contributed by atoms with Crippen molar-refractivity contribution >= 4 is 5.97 Å². The molecule has 0 saturated carbocycles. The highest BCUT2D eigenvalue weighted by Crippen LogP contribution is 2.26. The molecule has 4 heteroatoms. The minimum atomic E-state index is -0.503. The molecule has 134 valence electrons. The summed E-state index contributed by atoms with van der Waals surface area (Å²) < 4.78 is 32.4. The number of ether oxygens (including phenoxy) is 1. The van der Waals surface area contributed by atoms with Gasteiger partial charge in [-0.3, -0.25) is 4.79 Å². The molecule has 0 aliphatic heterocycles. The molecule has 0 unspecified atom stereocenters. The maximum absolute atomic E-state index is 14.2. The Kier molecular flexibility index (Phi) is 7.58. The molecule has 0 saturated heterocycles. The Morgan fingerprint density at radius 3 is 2.28 bits per heavy atom. The molecule has 0 atom stereocenters. The Hall–Kier alpha value is -2.23. The zero-order valence-corrected chi connectivity index (χ0v) is 14.6. The van der Waals surface area contributed by atoms with Crippen molar-refractivity contribution in [1.29, 1.82) is 0 Å². The summed E-state index contributed by atoms with van der Waals surface area (Å²) in [7, 11) is 0. The predicted molar refractivity (Wildman–Crippen MR) is 95.4 cm³/mol. The zero-order chi connectivity index (χ0) is 18.1. The first-order chi connectivity index (χ1) is 12.1. The fourth-order valence-electron chi connectivity index (χ4n) is 2.66. The van der Waals surface area contributed by atoms with Crippen molar-refractivity contribution < 1.29 is 18.3 Å². The highest BCUT2D eigenvalue weighted by atomic mass is 19.1. The molecular formula is C21H24F2O2. The average Bonchev–Trinajstić information content (AvgIpc) is 2.59. The van der Waals surface area contributed by atoms with Crippen LogP contribution < -0.4 is 4.74 Å². The second kappa shape index (κ2) is 9.92. The summed E-state index contributed by atoms with van der Waals surface area (Å²) in [5, 5.41) is 0. The quantitative estimate of drug-likeness (QED) is 0.303. The number of rotatable bonds is 9. The number of carbonyl (C=O) groups excluding carboxylic acids is 1. The van der Waals surface area contributed by atoms with Crippen LogP contribution in [0.3, 0.4) is 0 Å². The first-order valence-corrected chi connectivity index (χ1v) is 8.86. The normalized spacial score (nSPS) is 10.7. The van der Waals surface area contributed by atoms with E-state index < -0.39 is 5.82 Å². The SMILES string of the molecule is CCCCCCCCC(=O)Oc1ccc(-c2ccc(F)cc2)c(F)c1. The molecule has 2 aromatic rings. The van der Waals surface area contributed by atoms with Gasteiger partial charge in [0, 0.05) is 18.1 Å². The maximum atomic E-state index is 14.2. The fraction of sp³-hybridized carbons (Fsp3) is 0.381. The molecule has 0 N–H and O–H groups in total. The largest absolute Gasteiger partial charge is 0.426 e. The third-order valence-electron chi connectivity index (χ3n) is 4.06. The lowest BCUT2D eigenvalue weighted by atomic mass is 10.1. The van der Waals surface area contributed by atoms with E-state index in [1.54, 1.807) is 6.07 Å². The molecule has 0 heterocycles. The van der Waals surface area contributed by atoms with E-state index in [0.717, 1.165) is 19.3 Å². The van der Waals surface area contributed by atoms with Gasteiger partial charge in [-0.15, -0.1) is 0 Å². The van der Waals surface area contributed by atoms with Crippen molar-refractivity contribution in [3.63, 3.8) is 0 Å². The van der Waals surface area contributed by atoms with Crippen molar-refractivity contribution in [1.82, 2.24) is 0 Å². The highest BCUT2D eigenvalue weighted by Gasteiger charge is 2.10. The van der Waals surface area contributed by atoms with Gasteiger partial charge in [-0.2, -0.15) is 0 Å². The molecule has 25 heavy (non-hydrogen) atoms. The first kappa shape index (κ1) is 19.1. The van der Waals surface area contributed by atoms with Crippen molar-refractivity contribution in [2.45, 2.75) is 51.9 Å². The van der Waals surface area contributed by atoms with Crippen LogP contribution in [0.2, 0.25) is 0 Å². The molecule has 0 fully saturated rings. The van der Waals surface area contributed by atoms with E-state index >= 15 is 0 Å². The Labute approximate surface area is 147 Å². The monoisotopic (exact) mass is 346 g/mol. The fourth-order valence-corrected chi connectivity index (χ4v) is 2.66. The van der Waals surface area contributed by atoms with Crippen LogP contribution in [0.15, 0.2) is 42.5 Å². The second-order valence-electron chi connectivity index (χ2n) is 6.14. The lowest BCUT2D eigenvalue weighted by Crippen LogP contribution is -2.07. The molecule has 0 amide bonds. The van der Waals surface area contributed by atoms with E-state index in [4.69, 9.17) is 4.74 Å². The summed E-state index contributed by atoms with van der Waals surface area (Å²) in [5.41, 5.74) is 0.916. The number of hydrogen-bond acceptors (Lipinski definition) is 2. The van der Waals surface area contributed by atoms with Crippen molar-refractivity contribution in [2.24, 2.45) is 0 Å². The molecule has 0 aromatic heterocycles. The van der Waals surface area contributed by atoms with Crippen molar-refractivity contribution in [2.75, 3.05) is 0 Å². The van der Waals surface area contributed by atoms with E-state index in [1.165, 1.54) is 55.7 Å². The molecule has 2 aromatic carbocycles. The van der Waals surface area contributed by atoms with Crippen LogP contribution in [0, 0.1) is 11.6 Å². The van der Waals surface area contributed by atoms with Crippen LogP contribution in [0.1, 0.15) is 51.9 Å². The van der Waals surface area contributed by atoms with Gasteiger partial charge in [0.15, 0.2) is 0 Å². The summed E-state index contributed by atoms with van der Waals surface area (Å²) >= 11 is 0. The van der Waals surface area contributed by atoms with E-state index in [1.807, 2.05) is 0 Å². The number of hydrogen-bond donors (Lipinski definition) is 0. The molecule has 2 nitrogen and oxygen atoms in total. The Morgan fingerprint density at radius 2 is 1.60 bits per heavy atom. The van der Waals surface area contributed by atoms with E-state index in [-0.39, 0.29) is 17.5 Å². The summed E-state index contributed by atoms with van der Waals surface area (Å²) in [6.45, 7) is 2.16. The molecule has 0 spiro atoms. The van der Waals surface area contributed by atoms with E-state index in [0.29, 0.717) is 17.5 Å². The van der Waals surface area contributed by atoms with Crippen molar-refractivity contribution in [3.05, 3.63) is 54.1 Å². The average molecular weight is 346 g/mol. The zero-order valence-electron chi connectivity index (χ0n) is 14.6. The van der Waals surface area contributed by atoms with E-state index in [2.05, 4.69) is 6.92 Å². The summed E-state index contributed by atoms with van der Waals surface area (Å²) in [6, 6.07) is 9.87. The molecule has 2 rings (SSSR count). The molecule has 0 aliphatic carbocycles. The van der Waals surface area contributed by atoms with Gasteiger partial charge in [-0.25, -0.2) is 8.78 Å². The summed E-state index contributed by atoms with van der Waals surface area (Å²) in [5.74, 6) is -1.02. The number of halogens is 2. The standard InChI is InChI=1S/C21H24F2O2/c1-2-3-4-5-6-7-8-21(24)25-18-13-14-19(20(23)15-18)16-9-11-17(22)12-10-16/h9-15H,2-8H2,1H3. The van der Waals surface area contributed by atoms with Gasteiger partial charge in [-0.05, 0) is 36.2 Å². The Balaban J connectivity index is 1.85. The minimum absolute atomic E-state index is 0.194. The third-order valence-corrected chi connectivity index (χ3v) is 4.06. The van der Waals surface area contributed by atoms with Gasteiger partial charge >= 0.3 is 5.97 Å². The number of unbranched alkanes of at least 4 members (excludes halogenated alkanes) is 5. The lowest BCUT2D eigenvalue weighted by molar-refractivity contribution is -0.134. The molecular weight excluding hydrogens is 322 g/mol. The van der Waals surface area contributed by atoms with E-state index in [9.17, 15) is 13.6 Å². The van der Waals surface area contributed by atoms with Gasteiger partial charge < -0.3 is 4.74 Å². The van der Waals surface area contributed by atoms with Gasteiger partial charge in [0.1, 0.15) is 17.4 Å². The van der Waals surface area contributed by atoms with Crippen LogP contribution in [0.5, 0.6) is 5.75 Å². The maximum Gasteiger partial charge on any atom is 0.311 e. The van der Waals surface area contributed by atoms with Gasteiger partial charge in [0.05, 0.1) is 0 Å². The van der Waals surface area contributed by atoms with Gasteiger partial charge in [-0.1, -0.05) is 51.2 Å². The smallest absolute Gasteiger partial charge is 0.311 e. The third kappa shape index (κ3) is 6.29. The van der Waals surface area contributed by atoms with Crippen LogP contribution in [-0.4, -0.2) is 5.97 Å². The number of esters is 1. The van der Waals surface area contributed by atoms with Crippen LogP contribution in [0.4, 0.5) is 8.78 Å². The Bertz CT molecular complexity index is 681. The number of benzene rings is 2. The van der Waals surface area contributed by atoms with Gasteiger partial charge in [0.2, 0.25) is 0 Å². The van der Waals surface area contributed by atoms with Crippen LogP contribution >= 0.6 is 0 Å². The minimum Gasteiger partial charge on any atom is -0.426 e. The van der Waals surface area contributed by atoms with Crippen LogP contribution in [-0.2, 0) is 4.79 Å². The molecule has 0 aliphatic rings. The second-order valence-corrected chi connectivity index (χ2v) is 6.14. The predicted octanol–water partition coefficient (Wildman–Crippen LogP) is 6.29.